The van der Waals surface area contributed by atoms with Gasteiger partial charge in [0.2, 0.25) is 0 Å². The van der Waals surface area contributed by atoms with Crippen molar-refractivity contribution in [3.05, 3.63) is 94.8 Å². The summed E-state index contributed by atoms with van der Waals surface area (Å²) in [5.74, 6) is 6.33. The Morgan fingerprint density at radius 3 is 2.33 bits per heavy atom. The van der Waals surface area contributed by atoms with Crippen LogP contribution in [0.1, 0.15) is 42.5 Å². The van der Waals surface area contributed by atoms with E-state index in [1.54, 1.807) is 0 Å². The molecule has 0 unspecified atom stereocenters. The number of aromatic nitrogens is 1. The van der Waals surface area contributed by atoms with Gasteiger partial charge < -0.3 is 5.32 Å². The zero-order valence-electron chi connectivity index (χ0n) is 16.9. The van der Waals surface area contributed by atoms with Crippen LogP contribution >= 0.6 is 11.6 Å². The zero-order valence-corrected chi connectivity index (χ0v) is 17.7. The molecule has 150 valence electrons. The van der Waals surface area contributed by atoms with Gasteiger partial charge in [-0.15, -0.1) is 0 Å². The van der Waals surface area contributed by atoms with Gasteiger partial charge in [-0.3, -0.25) is 0 Å². The maximum Gasteiger partial charge on any atom is 0.113 e. The number of nitrogens with zero attached hydrogens (tertiary/aromatic N) is 1. The first-order valence-electron chi connectivity index (χ1n) is 10.5. The summed E-state index contributed by atoms with van der Waals surface area (Å²) in [5.41, 5.74) is 5.08. The van der Waals surface area contributed by atoms with Crippen molar-refractivity contribution in [1.29, 1.82) is 0 Å². The fourth-order valence-corrected chi connectivity index (χ4v) is 3.78. The largest absolute Gasteiger partial charge is 0.311 e. The Balaban J connectivity index is 1.32. The molecule has 4 rings (SSSR count). The molecule has 1 N–H and O–H groups in total. The van der Waals surface area contributed by atoms with Gasteiger partial charge in [0.15, 0.2) is 0 Å². The van der Waals surface area contributed by atoms with Crippen LogP contribution < -0.4 is 5.32 Å². The highest BCUT2D eigenvalue weighted by molar-refractivity contribution is 6.30. The predicted octanol–water partition coefficient (Wildman–Crippen LogP) is 6.35. The lowest BCUT2D eigenvalue weighted by Crippen LogP contribution is -2.25. The Hall–Kier alpha value is -2.86. The summed E-state index contributed by atoms with van der Waals surface area (Å²) < 4.78 is 0. The van der Waals surface area contributed by atoms with E-state index < -0.39 is 0 Å². The number of benzene rings is 2. The highest BCUT2D eigenvalue weighted by Gasteiger charge is 2.12. The number of nitrogens with one attached hydrogen (secondary N) is 1. The molecule has 1 saturated carbocycles. The minimum absolute atomic E-state index is 0.709. The van der Waals surface area contributed by atoms with Crippen molar-refractivity contribution < 1.29 is 0 Å². The van der Waals surface area contributed by atoms with Gasteiger partial charge in [-0.05, 0) is 60.2 Å². The average Bonchev–Trinajstić information content (AvgIpc) is 3.31. The summed E-state index contributed by atoms with van der Waals surface area (Å²) in [6.07, 6.45) is 11.6. The highest BCUT2D eigenvalue weighted by Crippen LogP contribution is 2.21. The molecule has 1 fully saturated rings. The van der Waals surface area contributed by atoms with E-state index in [0.717, 1.165) is 34.0 Å². The molecule has 3 heteroatoms. The van der Waals surface area contributed by atoms with Gasteiger partial charge in [0.25, 0.3) is 0 Å². The number of halogens is 1. The normalized spacial score (nSPS) is 14.0. The third kappa shape index (κ3) is 5.83. The van der Waals surface area contributed by atoms with Gasteiger partial charge in [-0.25, -0.2) is 4.98 Å². The fourth-order valence-electron chi connectivity index (χ4n) is 3.65. The van der Waals surface area contributed by atoms with Crippen LogP contribution in [0.5, 0.6) is 0 Å². The molecule has 30 heavy (non-hydrogen) atoms. The van der Waals surface area contributed by atoms with E-state index >= 15 is 0 Å². The molecule has 0 spiro atoms. The van der Waals surface area contributed by atoms with Crippen LogP contribution in [-0.2, 0) is 0 Å². The predicted molar refractivity (Wildman–Crippen MR) is 126 cm³/mol. The molecule has 3 aromatic rings. The first-order valence-corrected chi connectivity index (χ1v) is 10.9. The summed E-state index contributed by atoms with van der Waals surface area (Å²) in [4.78, 5) is 4.47. The van der Waals surface area contributed by atoms with E-state index in [0.29, 0.717) is 6.04 Å². The maximum absolute atomic E-state index is 5.95. The molecule has 0 amide bonds. The topological polar surface area (TPSA) is 24.9 Å². The Morgan fingerprint density at radius 2 is 1.63 bits per heavy atom. The van der Waals surface area contributed by atoms with Crippen molar-refractivity contribution in [2.75, 3.05) is 6.54 Å². The molecule has 1 aliphatic rings. The van der Waals surface area contributed by atoms with Crippen LogP contribution in [0.15, 0.2) is 72.9 Å². The van der Waals surface area contributed by atoms with E-state index in [2.05, 4.69) is 58.6 Å². The quantitative estimate of drug-likeness (QED) is 0.494. The van der Waals surface area contributed by atoms with Crippen molar-refractivity contribution in [3.8, 4) is 23.0 Å². The summed E-state index contributed by atoms with van der Waals surface area (Å²) in [6, 6.07) is 20.8. The van der Waals surface area contributed by atoms with Gasteiger partial charge in [0, 0.05) is 34.9 Å². The minimum Gasteiger partial charge on any atom is -0.311 e. The lowest BCUT2D eigenvalue weighted by atomic mass is 10.1. The molecule has 0 saturated heterocycles. The monoisotopic (exact) mass is 412 g/mol. The standard InChI is InChI=1S/C27H25ClN2/c28-25-15-12-23(13-16-25)24-14-18-27(30-20-24)17-11-22-9-7-21(8-10-22)4-3-19-29-26-5-1-2-6-26/h3-4,7-10,12-16,18,20,26,29H,1-2,5-6,19H2. The van der Waals surface area contributed by atoms with Crippen molar-refractivity contribution in [2.24, 2.45) is 0 Å². The molecule has 0 atom stereocenters. The van der Waals surface area contributed by atoms with Crippen LogP contribution in [0.3, 0.4) is 0 Å². The molecule has 0 bridgehead atoms. The van der Waals surface area contributed by atoms with E-state index in [4.69, 9.17) is 11.6 Å². The molecular formula is C27H25ClN2. The van der Waals surface area contributed by atoms with Crippen LogP contribution in [-0.4, -0.2) is 17.6 Å². The molecule has 1 aliphatic carbocycles. The highest BCUT2D eigenvalue weighted by atomic mass is 35.5. The summed E-state index contributed by atoms with van der Waals surface area (Å²) in [7, 11) is 0. The second kappa shape index (κ2) is 10.3. The Kier molecular flexibility index (Phi) is 6.98. The van der Waals surface area contributed by atoms with E-state index in [1.807, 2.05) is 42.6 Å². The van der Waals surface area contributed by atoms with Crippen LogP contribution in [0.2, 0.25) is 5.02 Å². The van der Waals surface area contributed by atoms with Gasteiger partial charge in [-0.1, -0.05) is 72.8 Å². The van der Waals surface area contributed by atoms with E-state index in [1.165, 1.54) is 31.2 Å². The number of pyridine rings is 1. The van der Waals surface area contributed by atoms with Crippen molar-refractivity contribution in [2.45, 2.75) is 31.7 Å². The SMILES string of the molecule is Clc1ccc(-c2ccc(C#Cc3ccc(C=CCNC4CCCC4)cc3)nc2)cc1. The number of hydrogen-bond donors (Lipinski definition) is 1. The first kappa shape index (κ1) is 20.4. The van der Waals surface area contributed by atoms with Gasteiger partial charge >= 0.3 is 0 Å². The molecular weight excluding hydrogens is 388 g/mol. The number of hydrogen-bond acceptors (Lipinski definition) is 2. The van der Waals surface area contributed by atoms with Gasteiger partial charge in [0.05, 0.1) is 0 Å². The molecule has 2 aromatic carbocycles. The molecule has 2 nitrogen and oxygen atoms in total. The zero-order chi connectivity index (χ0) is 20.6. The minimum atomic E-state index is 0.709. The second-order valence-corrected chi connectivity index (χ2v) is 8.04. The van der Waals surface area contributed by atoms with Crippen molar-refractivity contribution >= 4 is 17.7 Å². The average molecular weight is 413 g/mol. The summed E-state index contributed by atoms with van der Waals surface area (Å²) in [5, 5.41) is 4.33. The van der Waals surface area contributed by atoms with Gasteiger partial charge in [-0.2, -0.15) is 0 Å². The first-order chi connectivity index (χ1) is 14.8. The van der Waals surface area contributed by atoms with Crippen LogP contribution in [0.4, 0.5) is 0 Å². The third-order valence-electron chi connectivity index (χ3n) is 5.38. The smallest absolute Gasteiger partial charge is 0.113 e. The van der Waals surface area contributed by atoms with E-state index in [-0.39, 0.29) is 0 Å². The molecule has 0 radical (unpaired) electrons. The Labute approximate surface area is 184 Å². The third-order valence-corrected chi connectivity index (χ3v) is 5.63. The molecule has 1 heterocycles. The summed E-state index contributed by atoms with van der Waals surface area (Å²) in [6.45, 7) is 0.934. The maximum atomic E-state index is 5.95. The Bertz CT molecular complexity index is 1030. The number of rotatable bonds is 5. The lowest BCUT2D eigenvalue weighted by molar-refractivity contribution is 0.557. The van der Waals surface area contributed by atoms with Crippen LogP contribution in [0, 0.1) is 11.8 Å². The van der Waals surface area contributed by atoms with Crippen molar-refractivity contribution in [3.63, 3.8) is 0 Å². The molecule has 0 aliphatic heterocycles. The Morgan fingerprint density at radius 1 is 0.900 bits per heavy atom. The second-order valence-electron chi connectivity index (χ2n) is 7.60. The van der Waals surface area contributed by atoms with E-state index in [9.17, 15) is 0 Å². The van der Waals surface area contributed by atoms with Gasteiger partial charge in [0.1, 0.15) is 5.69 Å². The summed E-state index contributed by atoms with van der Waals surface area (Å²) >= 11 is 5.95. The lowest BCUT2D eigenvalue weighted by Gasteiger charge is -2.08. The fraction of sp³-hybridized carbons (Fsp3) is 0.222. The molecule has 1 aromatic heterocycles. The van der Waals surface area contributed by atoms with Crippen LogP contribution in [0.25, 0.3) is 17.2 Å². The van der Waals surface area contributed by atoms with Crippen molar-refractivity contribution in [1.82, 2.24) is 10.3 Å².